The molecule has 0 unspecified atom stereocenters. The first-order valence-corrected chi connectivity index (χ1v) is 11.1. The third-order valence-corrected chi connectivity index (χ3v) is 6.33. The summed E-state index contributed by atoms with van der Waals surface area (Å²) in [5.74, 6) is 0.364. The number of aromatic nitrogens is 2. The minimum atomic E-state index is -0.595. The molecule has 1 saturated carbocycles. The third-order valence-electron chi connectivity index (χ3n) is 6.33. The highest BCUT2D eigenvalue weighted by Gasteiger charge is 2.33. The number of nitrogens with one attached hydrogen (secondary N) is 2. The summed E-state index contributed by atoms with van der Waals surface area (Å²) in [6.45, 7) is 3.05. The molecule has 1 aliphatic heterocycles. The summed E-state index contributed by atoms with van der Waals surface area (Å²) in [4.78, 5) is 24.9. The molecular weight excluding hydrogens is 439 g/mol. The number of anilines is 3. The van der Waals surface area contributed by atoms with Gasteiger partial charge in [0.25, 0.3) is 0 Å². The van der Waals surface area contributed by atoms with Gasteiger partial charge >= 0.3 is 6.09 Å². The van der Waals surface area contributed by atoms with Crippen LogP contribution in [-0.2, 0) is 4.74 Å². The number of amides is 1. The lowest BCUT2D eigenvalue weighted by Crippen LogP contribution is -2.38. The summed E-state index contributed by atoms with van der Waals surface area (Å²) in [6.07, 6.45) is 5.76. The molecule has 34 heavy (non-hydrogen) atoms. The average molecular weight is 465 g/mol. The number of hydrogen-bond donors (Lipinski definition) is 3. The van der Waals surface area contributed by atoms with E-state index in [1.165, 1.54) is 6.20 Å². The van der Waals surface area contributed by atoms with Crippen LogP contribution < -0.4 is 21.1 Å². The number of hydrogen-bond acceptors (Lipinski definition) is 8. The molecule has 176 valence electrons. The van der Waals surface area contributed by atoms with Crippen molar-refractivity contribution in [2.24, 2.45) is 10.9 Å². The van der Waals surface area contributed by atoms with Crippen molar-refractivity contribution in [1.82, 2.24) is 9.97 Å². The number of ether oxygens (including phenoxy) is 2. The van der Waals surface area contributed by atoms with Gasteiger partial charge in [0.15, 0.2) is 5.82 Å². The van der Waals surface area contributed by atoms with E-state index in [0.717, 1.165) is 24.1 Å². The number of nitrogens with two attached hydrogens (primary N) is 1. The highest BCUT2D eigenvalue weighted by Crippen LogP contribution is 2.39. The molecule has 1 aromatic carbocycles. The van der Waals surface area contributed by atoms with Crippen LogP contribution in [0, 0.1) is 18.7 Å². The van der Waals surface area contributed by atoms with Crippen molar-refractivity contribution >= 4 is 40.3 Å². The molecule has 2 aromatic heterocycles. The van der Waals surface area contributed by atoms with Crippen molar-refractivity contribution in [3.05, 3.63) is 35.9 Å². The summed E-state index contributed by atoms with van der Waals surface area (Å²) in [7, 11) is 1.70. The number of pyridine rings is 2. The molecule has 3 heterocycles. The molecule has 1 amide bonds. The number of rotatable bonds is 4. The van der Waals surface area contributed by atoms with Gasteiger partial charge in [0, 0.05) is 54.6 Å². The number of carbonyl (C=O) groups is 1. The zero-order chi connectivity index (χ0) is 23.8. The summed E-state index contributed by atoms with van der Waals surface area (Å²) >= 11 is 0. The van der Waals surface area contributed by atoms with Crippen molar-refractivity contribution in [3.63, 3.8) is 0 Å². The fraction of sp³-hybridized carbons (Fsp3) is 0.333. The van der Waals surface area contributed by atoms with Gasteiger partial charge in [0.2, 0.25) is 5.88 Å². The molecule has 2 aliphatic rings. The van der Waals surface area contributed by atoms with E-state index in [4.69, 9.17) is 15.2 Å². The summed E-state index contributed by atoms with van der Waals surface area (Å²) in [6, 6.07) is 3.32. The van der Waals surface area contributed by atoms with Crippen LogP contribution in [0.3, 0.4) is 0 Å². The van der Waals surface area contributed by atoms with Gasteiger partial charge in [-0.1, -0.05) is 0 Å². The van der Waals surface area contributed by atoms with Gasteiger partial charge in [-0.15, -0.1) is 0 Å². The zero-order valence-electron chi connectivity index (χ0n) is 18.9. The SMILES string of the molecule is CN=C[C@@H]1CC[C@H]1OC(=O)Nc1cc2cc(-c3cnc4c(c3C)NCCO4)c(F)c(N)c2cn1. The molecule has 10 heteroatoms. The van der Waals surface area contributed by atoms with Crippen LogP contribution in [0.4, 0.5) is 26.4 Å². The predicted octanol–water partition coefficient (Wildman–Crippen LogP) is 4.16. The Balaban J connectivity index is 1.45. The molecule has 1 fully saturated rings. The highest BCUT2D eigenvalue weighted by molar-refractivity contribution is 5.99. The Morgan fingerprint density at radius 2 is 2.18 bits per heavy atom. The summed E-state index contributed by atoms with van der Waals surface area (Å²) < 4.78 is 26.3. The highest BCUT2D eigenvalue weighted by atomic mass is 19.1. The number of fused-ring (bicyclic) bond motifs is 2. The Kier molecular flexibility index (Phi) is 5.64. The molecule has 1 aliphatic carbocycles. The number of carbonyl (C=O) groups excluding carboxylic acids is 1. The Morgan fingerprint density at radius 3 is 2.94 bits per heavy atom. The van der Waals surface area contributed by atoms with E-state index in [9.17, 15) is 4.79 Å². The van der Waals surface area contributed by atoms with E-state index in [1.54, 1.807) is 31.6 Å². The van der Waals surface area contributed by atoms with Gasteiger partial charge in [0.05, 0.1) is 5.69 Å². The summed E-state index contributed by atoms with van der Waals surface area (Å²) in [5, 5.41) is 6.98. The van der Waals surface area contributed by atoms with E-state index in [2.05, 4.69) is 25.6 Å². The first-order valence-electron chi connectivity index (χ1n) is 11.1. The molecule has 0 bridgehead atoms. The summed E-state index contributed by atoms with van der Waals surface area (Å²) in [5.41, 5.74) is 8.56. The Morgan fingerprint density at radius 1 is 1.32 bits per heavy atom. The number of nitrogens with zero attached hydrogens (tertiary/aromatic N) is 3. The van der Waals surface area contributed by atoms with Gasteiger partial charge in [0.1, 0.15) is 24.2 Å². The Hall–Kier alpha value is -3.95. The number of benzene rings is 1. The standard InChI is InChI=1S/C24H25FN6O3/c1-12-16(10-30-23-22(12)28-5-6-33-23)15-7-14-8-19(29-11-17(14)21(26)20(15)25)31-24(32)34-18-4-3-13(18)9-27-2/h7-11,13,18,28H,3-6,26H2,1-2H3,(H,29,31,32)/t13-,18+/m0/s1. The van der Waals surface area contributed by atoms with E-state index in [1.807, 2.05) is 6.92 Å². The maximum absolute atomic E-state index is 15.3. The van der Waals surface area contributed by atoms with Crippen LogP contribution >= 0.6 is 0 Å². The number of halogens is 1. The fourth-order valence-corrected chi connectivity index (χ4v) is 4.33. The van der Waals surface area contributed by atoms with Crippen molar-refractivity contribution in [1.29, 1.82) is 0 Å². The fourth-order valence-electron chi connectivity index (χ4n) is 4.33. The van der Waals surface area contributed by atoms with Crippen molar-refractivity contribution in [2.45, 2.75) is 25.9 Å². The van der Waals surface area contributed by atoms with E-state index in [0.29, 0.717) is 40.9 Å². The minimum Gasteiger partial charge on any atom is -0.474 e. The molecular formula is C24H25FN6O3. The maximum Gasteiger partial charge on any atom is 0.413 e. The molecule has 5 rings (SSSR count). The monoisotopic (exact) mass is 464 g/mol. The van der Waals surface area contributed by atoms with Gasteiger partial charge in [-0.05, 0) is 42.8 Å². The lowest BCUT2D eigenvalue weighted by Gasteiger charge is -2.32. The Bertz CT molecular complexity index is 1310. The largest absolute Gasteiger partial charge is 0.474 e. The van der Waals surface area contributed by atoms with E-state index < -0.39 is 11.9 Å². The number of aliphatic imine (C=N–C) groups is 1. The molecule has 9 nitrogen and oxygen atoms in total. The quantitative estimate of drug-likeness (QED) is 0.391. The lowest BCUT2D eigenvalue weighted by atomic mass is 9.83. The molecule has 3 aromatic rings. The van der Waals surface area contributed by atoms with Crippen molar-refractivity contribution in [2.75, 3.05) is 36.6 Å². The normalized spacial score (nSPS) is 19.1. The second kappa shape index (κ2) is 8.77. The zero-order valence-corrected chi connectivity index (χ0v) is 18.9. The molecule has 0 spiro atoms. The minimum absolute atomic E-state index is 0.0216. The topological polar surface area (TPSA) is 124 Å². The molecule has 0 radical (unpaired) electrons. The molecule has 0 saturated heterocycles. The first kappa shape index (κ1) is 21.9. The van der Waals surface area contributed by atoms with E-state index >= 15 is 4.39 Å². The van der Waals surface area contributed by atoms with Crippen molar-refractivity contribution < 1.29 is 18.7 Å². The second-order valence-corrected chi connectivity index (χ2v) is 8.41. The third kappa shape index (κ3) is 3.85. The van der Waals surface area contributed by atoms with Crippen LogP contribution in [0.15, 0.2) is 29.5 Å². The van der Waals surface area contributed by atoms with Crippen molar-refractivity contribution in [3.8, 4) is 17.0 Å². The molecule has 4 N–H and O–H groups in total. The van der Waals surface area contributed by atoms with Gasteiger partial charge in [-0.25, -0.2) is 19.2 Å². The van der Waals surface area contributed by atoms with Crippen LogP contribution in [-0.4, -0.2) is 48.6 Å². The van der Waals surface area contributed by atoms with Crippen LogP contribution in [0.2, 0.25) is 0 Å². The average Bonchev–Trinajstić information content (AvgIpc) is 2.83. The maximum atomic E-state index is 15.3. The van der Waals surface area contributed by atoms with Crippen LogP contribution in [0.25, 0.3) is 21.9 Å². The van der Waals surface area contributed by atoms with Gasteiger partial charge in [-0.2, -0.15) is 0 Å². The van der Waals surface area contributed by atoms with Crippen LogP contribution in [0.5, 0.6) is 5.88 Å². The Labute approximate surface area is 195 Å². The van der Waals surface area contributed by atoms with Gasteiger partial charge < -0.3 is 25.5 Å². The smallest absolute Gasteiger partial charge is 0.413 e. The van der Waals surface area contributed by atoms with E-state index in [-0.39, 0.29) is 23.5 Å². The molecule has 2 atom stereocenters. The lowest BCUT2D eigenvalue weighted by molar-refractivity contribution is 0.0386. The van der Waals surface area contributed by atoms with Gasteiger partial charge in [-0.3, -0.25) is 5.32 Å². The van der Waals surface area contributed by atoms with Crippen LogP contribution in [0.1, 0.15) is 18.4 Å². The first-order chi connectivity index (χ1) is 16.5. The number of nitrogen functional groups attached to an aromatic ring is 1. The predicted molar refractivity (Wildman–Crippen MR) is 129 cm³/mol. The second-order valence-electron chi connectivity index (χ2n) is 8.41.